The highest BCUT2D eigenvalue weighted by molar-refractivity contribution is 9.10. The van der Waals surface area contributed by atoms with Gasteiger partial charge in [-0.15, -0.1) is 0 Å². The zero-order chi connectivity index (χ0) is 24.2. The van der Waals surface area contributed by atoms with Gasteiger partial charge in [0.1, 0.15) is 5.75 Å². The van der Waals surface area contributed by atoms with Crippen molar-refractivity contribution in [3.63, 3.8) is 0 Å². The van der Waals surface area contributed by atoms with Crippen molar-refractivity contribution in [3.8, 4) is 17.0 Å². The Bertz CT molecular complexity index is 1320. The molecule has 5 rings (SSSR count). The molecule has 0 bridgehead atoms. The fourth-order valence-electron chi connectivity index (χ4n) is 4.44. The van der Waals surface area contributed by atoms with E-state index in [-0.39, 0.29) is 5.91 Å². The third-order valence-electron chi connectivity index (χ3n) is 6.31. The molecule has 1 aromatic heterocycles. The number of hydrogen-bond donors (Lipinski definition) is 0. The van der Waals surface area contributed by atoms with E-state index in [9.17, 15) is 4.79 Å². The predicted molar refractivity (Wildman–Crippen MR) is 145 cm³/mol. The number of anilines is 1. The lowest BCUT2D eigenvalue weighted by Crippen LogP contribution is -2.48. The number of hydrogen-bond acceptors (Lipinski definition) is 4. The minimum atomic E-state index is 0.0485. The van der Waals surface area contributed by atoms with E-state index in [0.717, 1.165) is 51.9 Å². The van der Waals surface area contributed by atoms with Crippen LogP contribution in [0.4, 0.5) is 5.69 Å². The number of nitrogens with zero attached hydrogens (tertiary/aromatic N) is 3. The quantitative estimate of drug-likeness (QED) is 0.289. The smallest absolute Gasteiger partial charge is 0.254 e. The van der Waals surface area contributed by atoms with E-state index in [1.165, 1.54) is 5.69 Å². The van der Waals surface area contributed by atoms with Crippen molar-refractivity contribution in [2.24, 2.45) is 0 Å². The van der Waals surface area contributed by atoms with Crippen LogP contribution in [0.1, 0.15) is 23.7 Å². The Hall–Kier alpha value is -3.38. The lowest BCUT2D eigenvalue weighted by Gasteiger charge is -2.36. The average Bonchev–Trinajstić information content (AvgIpc) is 2.92. The monoisotopic (exact) mass is 529 g/mol. The molecule has 35 heavy (non-hydrogen) atoms. The molecule has 6 heteroatoms. The van der Waals surface area contributed by atoms with Crippen LogP contribution < -0.4 is 9.64 Å². The van der Waals surface area contributed by atoms with E-state index in [1.54, 1.807) is 0 Å². The summed E-state index contributed by atoms with van der Waals surface area (Å²) in [7, 11) is 0. The zero-order valence-electron chi connectivity index (χ0n) is 19.8. The fourth-order valence-corrected chi connectivity index (χ4v) is 4.80. The normalized spacial score (nSPS) is 13.8. The first-order valence-corrected chi connectivity index (χ1v) is 12.8. The summed E-state index contributed by atoms with van der Waals surface area (Å²) in [6.45, 7) is 5.78. The molecule has 0 unspecified atom stereocenters. The van der Waals surface area contributed by atoms with Crippen LogP contribution in [0.2, 0.25) is 0 Å². The van der Waals surface area contributed by atoms with Gasteiger partial charge in [-0.25, -0.2) is 4.98 Å². The first-order chi connectivity index (χ1) is 17.1. The van der Waals surface area contributed by atoms with Gasteiger partial charge < -0.3 is 14.5 Å². The molecule has 0 aliphatic carbocycles. The van der Waals surface area contributed by atoms with E-state index in [1.807, 2.05) is 59.5 Å². The third kappa shape index (κ3) is 5.17. The van der Waals surface area contributed by atoms with Crippen molar-refractivity contribution in [1.29, 1.82) is 0 Å². The van der Waals surface area contributed by atoms with Crippen molar-refractivity contribution < 1.29 is 9.53 Å². The Labute approximate surface area is 214 Å². The minimum absolute atomic E-state index is 0.0485. The maximum Gasteiger partial charge on any atom is 0.254 e. The molecule has 0 spiro atoms. The summed E-state index contributed by atoms with van der Waals surface area (Å²) in [6, 6.07) is 26.2. The lowest BCUT2D eigenvalue weighted by molar-refractivity contribution is 0.0748. The second-order valence-corrected chi connectivity index (χ2v) is 9.62. The van der Waals surface area contributed by atoms with Crippen molar-refractivity contribution in [3.05, 3.63) is 88.9 Å². The zero-order valence-corrected chi connectivity index (χ0v) is 21.4. The second-order valence-electron chi connectivity index (χ2n) is 8.70. The highest BCUT2D eigenvalue weighted by Gasteiger charge is 2.24. The average molecular weight is 530 g/mol. The number of ether oxygens (including phenoxy) is 1. The van der Waals surface area contributed by atoms with Gasteiger partial charge in [-0.3, -0.25) is 4.79 Å². The van der Waals surface area contributed by atoms with Gasteiger partial charge in [0.15, 0.2) is 0 Å². The maximum atomic E-state index is 13.8. The molecule has 3 aromatic carbocycles. The van der Waals surface area contributed by atoms with Crippen LogP contribution in [0.5, 0.6) is 5.75 Å². The van der Waals surface area contributed by atoms with Gasteiger partial charge in [-0.05, 0) is 67.1 Å². The van der Waals surface area contributed by atoms with Gasteiger partial charge in [0, 0.05) is 47.3 Å². The van der Waals surface area contributed by atoms with Crippen molar-refractivity contribution in [1.82, 2.24) is 9.88 Å². The van der Waals surface area contributed by atoms with Crippen LogP contribution in [0.25, 0.3) is 22.2 Å². The number of pyridine rings is 1. The summed E-state index contributed by atoms with van der Waals surface area (Å²) in [5.74, 6) is 0.889. The highest BCUT2D eigenvalue weighted by atomic mass is 79.9. The van der Waals surface area contributed by atoms with Crippen LogP contribution in [0, 0.1) is 0 Å². The summed E-state index contributed by atoms with van der Waals surface area (Å²) in [4.78, 5) is 22.9. The Balaban J connectivity index is 1.43. The van der Waals surface area contributed by atoms with E-state index in [2.05, 4.69) is 52.0 Å². The first kappa shape index (κ1) is 23.4. The fraction of sp³-hybridized carbons (Fsp3) is 0.241. The first-order valence-electron chi connectivity index (χ1n) is 12.0. The number of carbonyl (C=O) groups is 1. The van der Waals surface area contributed by atoms with Crippen molar-refractivity contribution >= 4 is 38.4 Å². The largest absolute Gasteiger partial charge is 0.494 e. The number of rotatable bonds is 6. The van der Waals surface area contributed by atoms with Gasteiger partial charge in [0.25, 0.3) is 5.91 Å². The van der Waals surface area contributed by atoms with Crippen LogP contribution in [-0.4, -0.2) is 48.6 Å². The molecular formula is C29H28BrN3O2. The molecule has 1 fully saturated rings. The number of halogens is 1. The topological polar surface area (TPSA) is 45.7 Å². The molecule has 1 aliphatic rings. The van der Waals surface area contributed by atoms with Crippen LogP contribution in [0.3, 0.4) is 0 Å². The number of fused-ring (bicyclic) bond motifs is 1. The highest BCUT2D eigenvalue weighted by Crippen LogP contribution is 2.29. The minimum Gasteiger partial charge on any atom is -0.494 e. The molecule has 0 radical (unpaired) electrons. The summed E-state index contributed by atoms with van der Waals surface area (Å²) in [5.41, 5.74) is 4.44. The summed E-state index contributed by atoms with van der Waals surface area (Å²) >= 11 is 3.56. The number of para-hydroxylation sites is 1. The Morgan fingerprint density at radius 1 is 0.943 bits per heavy atom. The van der Waals surface area contributed by atoms with E-state index in [0.29, 0.717) is 25.3 Å². The van der Waals surface area contributed by atoms with Gasteiger partial charge in [-0.2, -0.15) is 0 Å². The van der Waals surface area contributed by atoms with Gasteiger partial charge >= 0.3 is 0 Å². The molecule has 1 amide bonds. The molecule has 2 heterocycles. The Morgan fingerprint density at radius 3 is 2.40 bits per heavy atom. The van der Waals surface area contributed by atoms with Crippen molar-refractivity contribution in [2.45, 2.75) is 13.3 Å². The maximum absolute atomic E-state index is 13.8. The van der Waals surface area contributed by atoms with Gasteiger partial charge in [0.2, 0.25) is 0 Å². The Morgan fingerprint density at radius 2 is 1.69 bits per heavy atom. The number of carbonyl (C=O) groups excluding carboxylic acids is 1. The summed E-state index contributed by atoms with van der Waals surface area (Å²) in [6.07, 6.45) is 0.967. The molecule has 1 saturated heterocycles. The molecule has 0 saturated carbocycles. The number of benzene rings is 3. The Kier molecular flexibility index (Phi) is 7.00. The number of amides is 1. The lowest BCUT2D eigenvalue weighted by atomic mass is 10.0. The van der Waals surface area contributed by atoms with Crippen molar-refractivity contribution in [2.75, 3.05) is 37.7 Å². The molecule has 1 aliphatic heterocycles. The van der Waals surface area contributed by atoms with Gasteiger partial charge in [0.05, 0.1) is 23.4 Å². The molecule has 4 aromatic rings. The molecular weight excluding hydrogens is 502 g/mol. The molecule has 178 valence electrons. The van der Waals surface area contributed by atoms with Gasteiger partial charge in [-0.1, -0.05) is 41.1 Å². The van der Waals surface area contributed by atoms with Crippen LogP contribution in [-0.2, 0) is 0 Å². The predicted octanol–water partition coefficient (Wildman–Crippen LogP) is 6.42. The number of piperazine rings is 1. The summed E-state index contributed by atoms with van der Waals surface area (Å²) in [5, 5.41) is 0.863. The standard InChI is InChI=1S/C29H28BrN3O2/c1-2-18-35-24-11-8-21(9-12-24)28-20-26(25-19-22(30)10-13-27(25)31-28)29(34)33-16-14-32(15-17-33)23-6-4-3-5-7-23/h3-13,19-20H,2,14-18H2,1H3. The molecule has 0 atom stereocenters. The SMILES string of the molecule is CCCOc1ccc(-c2cc(C(=O)N3CCN(c4ccccc4)CC3)c3cc(Br)ccc3n2)cc1. The molecule has 5 nitrogen and oxygen atoms in total. The third-order valence-corrected chi connectivity index (χ3v) is 6.81. The van der Waals surface area contributed by atoms with E-state index >= 15 is 0 Å². The van der Waals surface area contributed by atoms with Crippen LogP contribution >= 0.6 is 15.9 Å². The van der Waals surface area contributed by atoms with E-state index in [4.69, 9.17) is 9.72 Å². The van der Waals surface area contributed by atoms with E-state index < -0.39 is 0 Å². The number of aromatic nitrogens is 1. The van der Waals surface area contributed by atoms with Crippen LogP contribution in [0.15, 0.2) is 83.3 Å². The second kappa shape index (κ2) is 10.5. The summed E-state index contributed by atoms with van der Waals surface area (Å²) < 4.78 is 6.65. The molecule has 0 N–H and O–H groups in total.